The van der Waals surface area contributed by atoms with Gasteiger partial charge in [-0.15, -0.1) is 0 Å². The summed E-state index contributed by atoms with van der Waals surface area (Å²) in [6.45, 7) is 7.12. The van der Waals surface area contributed by atoms with Gasteiger partial charge in [0.1, 0.15) is 5.60 Å². The lowest BCUT2D eigenvalue weighted by Crippen LogP contribution is -2.32. The van der Waals surface area contributed by atoms with Crippen LogP contribution in [0.3, 0.4) is 0 Å². The Balaban J connectivity index is 1.77. The summed E-state index contributed by atoms with van der Waals surface area (Å²) in [7, 11) is 0. The van der Waals surface area contributed by atoms with Crippen molar-refractivity contribution in [3.05, 3.63) is 35.4 Å². The average molecular weight is 334 g/mol. The normalized spacial score (nSPS) is 17.4. The first-order valence-electron chi connectivity index (χ1n) is 8.29. The molecule has 0 spiro atoms. The van der Waals surface area contributed by atoms with E-state index in [0.29, 0.717) is 18.7 Å². The van der Waals surface area contributed by atoms with Crippen molar-refractivity contribution in [2.24, 2.45) is 0 Å². The number of rotatable bonds is 5. The Bertz CT molecular complexity index is 557. The number of ether oxygens (including phenoxy) is 2. The Labute approximate surface area is 142 Å². The van der Waals surface area contributed by atoms with Crippen LogP contribution in [0.15, 0.2) is 24.3 Å². The molecule has 1 aromatic carbocycles. The highest BCUT2D eigenvalue weighted by Crippen LogP contribution is 2.11. The van der Waals surface area contributed by atoms with E-state index < -0.39 is 11.7 Å². The number of carbonyl (C=O) groups is 2. The van der Waals surface area contributed by atoms with Gasteiger partial charge in [-0.2, -0.15) is 0 Å². The number of hydrogen-bond donors (Lipinski definition) is 2. The molecule has 1 heterocycles. The highest BCUT2D eigenvalue weighted by Gasteiger charge is 2.17. The van der Waals surface area contributed by atoms with E-state index in [4.69, 9.17) is 9.47 Å². The lowest BCUT2D eigenvalue weighted by molar-refractivity contribution is 0.0523. The molecule has 0 saturated carbocycles. The van der Waals surface area contributed by atoms with Crippen LogP contribution in [0.4, 0.5) is 4.79 Å². The molecule has 6 nitrogen and oxygen atoms in total. The van der Waals surface area contributed by atoms with Crippen LogP contribution in [0.5, 0.6) is 0 Å². The summed E-state index contributed by atoms with van der Waals surface area (Å²) in [6.07, 6.45) is 1.72. The summed E-state index contributed by atoms with van der Waals surface area (Å²) in [5.74, 6) is -0.114. The molecule has 2 N–H and O–H groups in total. The third-order valence-corrected chi connectivity index (χ3v) is 3.57. The second-order valence-corrected chi connectivity index (χ2v) is 6.90. The maximum atomic E-state index is 12.1. The summed E-state index contributed by atoms with van der Waals surface area (Å²) in [5, 5.41) is 5.57. The molecule has 1 saturated heterocycles. The summed E-state index contributed by atoms with van der Waals surface area (Å²) < 4.78 is 10.7. The zero-order valence-corrected chi connectivity index (χ0v) is 14.6. The molecule has 1 unspecified atom stereocenters. The predicted octanol–water partition coefficient (Wildman–Crippen LogP) is 2.62. The van der Waals surface area contributed by atoms with E-state index in [1.54, 1.807) is 12.1 Å². The SMILES string of the molecule is CC(C)(C)OC(=O)NCc1ccc(C(=O)NCC2CCCO2)cc1. The smallest absolute Gasteiger partial charge is 0.407 e. The van der Waals surface area contributed by atoms with Crippen molar-refractivity contribution in [3.8, 4) is 0 Å². The van der Waals surface area contributed by atoms with Crippen molar-refractivity contribution in [1.29, 1.82) is 0 Å². The topological polar surface area (TPSA) is 76.7 Å². The highest BCUT2D eigenvalue weighted by atomic mass is 16.6. The Kier molecular flexibility index (Phi) is 6.20. The quantitative estimate of drug-likeness (QED) is 0.868. The lowest BCUT2D eigenvalue weighted by Gasteiger charge is -2.19. The van der Waals surface area contributed by atoms with E-state index in [9.17, 15) is 9.59 Å². The fraction of sp³-hybridized carbons (Fsp3) is 0.556. The molecule has 1 aromatic rings. The number of benzene rings is 1. The van der Waals surface area contributed by atoms with Gasteiger partial charge in [-0.25, -0.2) is 4.79 Å². The van der Waals surface area contributed by atoms with Gasteiger partial charge in [0, 0.05) is 25.3 Å². The molecular formula is C18H26N2O4. The first kappa shape index (κ1) is 18.3. The Morgan fingerprint density at radius 3 is 2.50 bits per heavy atom. The van der Waals surface area contributed by atoms with Crippen LogP contribution in [-0.4, -0.2) is 36.9 Å². The van der Waals surface area contributed by atoms with Gasteiger partial charge in [-0.3, -0.25) is 4.79 Å². The fourth-order valence-electron chi connectivity index (χ4n) is 2.38. The fourth-order valence-corrected chi connectivity index (χ4v) is 2.38. The summed E-state index contributed by atoms with van der Waals surface area (Å²) >= 11 is 0. The molecule has 24 heavy (non-hydrogen) atoms. The molecule has 1 fully saturated rings. The van der Waals surface area contributed by atoms with E-state index >= 15 is 0 Å². The zero-order chi connectivity index (χ0) is 17.6. The number of amides is 2. The molecule has 0 aromatic heterocycles. The van der Waals surface area contributed by atoms with Crippen molar-refractivity contribution in [2.75, 3.05) is 13.2 Å². The van der Waals surface area contributed by atoms with E-state index in [0.717, 1.165) is 25.0 Å². The first-order chi connectivity index (χ1) is 11.3. The van der Waals surface area contributed by atoms with Gasteiger partial charge < -0.3 is 20.1 Å². The van der Waals surface area contributed by atoms with Crippen LogP contribution in [0.25, 0.3) is 0 Å². The van der Waals surface area contributed by atoms with Crippen molar-refractivity contribution in [2.45, 2.75) is 51.9 Å². The van der Waals surface area contributed by atoms with Crippen LogP contribution in [0, 0.1) is 0 Å². The molecule has 0 bridgehead atoms. The van der Waals surface area contributed by atoms with E-state index in [2.05, 4.69) is 10.6 Å². The molecule has 1 aliphatic heterocycles. The van der Waals surface area contributed by atoms with Crippen LogP contribution in [-0.2, 0) is 16.0 Å². The lowest BCUT2D eigenvalue weighted by atomic mass is 10.1. The van der Waals surface area contributed by atoms with Gasteiger partial charge in [0.25, 0.3) is 5.91 Å². The van der Waals surface area contributed by atoms with Gasteiger partial charge in [0.05, 0.1) is 6.10 Å². The summed E-state index contributed by atoms with van der Waals surface area (Å²) in [5.41, 5.74) is 0.972. The Morgan fingerprint density at radius 1 is 1.21 bits per heavy atom. The molecule has 2 rings (SSSR count). The number of alkyl carbamates (subject to hydrolysis) is 1. The molecule has 6 heteroatoms. The van der Waals surface area contributed by atoms with Crippen molar-refractivity contribution < 1.29 is 19.1 Å². The summed E-state index contributed by atoms with van der Waals surface area (Å²) in [4.78, 5) is 23.7. The van der Waals surface area contributed by atoms with Crippen LogP contribution >= 0.6 is 0 Å². The molecular weight excluding hydrogens is 308 g/mol. The van der Waals surface area contributed by atoms with Gasteiger partial charge in [0.15, 0.2) is 0 Å². The minimum absolute atomic E-state index is 0.114. The highest BCUT2D eigenvalue weighted by molar-refractivity contribution is 5.94. The molecule has 2 amide bonds. The van der Waals surface area contributed by atoms with Crippen LogP contribution < -0.4 is 10.6 Å². The zero-order valence-electron chi connectivity index (χ0n) is 14.6. The second kappa shape index (κ2) is 8.15. The van der Waals surface area contributed by atoms with Crippen molar-refractivity contribution in [1.82, 2.24) is 10.6 Å². The maximum absolute atomic E-state index is 12.1. The molecule has 0 radical (unpaired) electrons. The van der Waals surface area contributed by atoms with E-state index in [1.807, 2.05) is 32.9 Å². The third-order valence-electron chi connectivity index (χ3n) is 3.57. The average Bonchev–Trinajstić information content (AvgIpc) is 3.03. The predicted molar refractivity (Wildman–Crippen MR) is 90.8 cm³/mol. The van der Waals surface area contributed by atoms with Crippen LogP contribution in [0.1, 0.15) is 49.5 Å². The van der Waals surface area contributed by atoms with Gasteiger partial charge in [-0.05, 0) is 51.3 Å². The number of hydrogen-bond acceptors (Lipinski definition) is 4. The second-order valence-electron chi connectivity index (χ2n) is 6.90. The van der Waals surface area contributed by atoms with Gasteiger partial charge >= 0.3 is 6.09 Å². The summed E-state index contributed by atoms with van der Waals surface area (Å²) in [6, 6.07) is 7.13. The van der Waals surface area contributed by atoms with Crippen LogP contribution in [0.2, 0.25) is 0 Å². The standard InChI is InChI=1S/C18H26N2O4/c1-18(2,3)24-17(22)20-11-13-6-8-14(9-7-13)16(21)19-12-15-5-4-10-23-15/h6-9,15H,4-5,10-12H2,1-3H3,(H,19,21)(H,20,22). The maximum Gasteiger partial charge on any atom is 0.407 e. The van der Waals surface area contributed by atoms with Gasteiger partial charge in [-0.1, -0.05) is 12.1 Å². The first-order valence-corrected chi connectivity index (χ1v) is 8.29. The Morgan fingerprint density at radius 2 is 1.92 bits per heavy atom. The molecule has 1 atom stereocenters. The minimum atomic E-state index is -0.519. The number of carbonyl (C=O) groups excluding carboxylic acids is 2. The van der Waals surface area contributed by atoms with Gasteiger partial charge in [0.2, 0.25) is 0 Å². The molecule has 132 valence electrons. The molecule has 0 aliphatic carbocycles. The monoisotopic (exact) mass is 334 g/mol. The minimum Gasteiger partial charge on any atom is -0.444 e. The third kappa shape index (κ3) is 6.20. The van der Waals surface area contributed by atoms with Crippen molar-refractivity contribution in [3.63, 3.8) is 0 Å². The van der Waals surface area contributed by atoms with E-state index in [-0.39, 0.29) is 12.0 Å². The largest absolute Gasteiger partial charge is 0.444 e. The van der Waals surface area contributed by atoms with E-state index in [1.165, 1.54) is 0 Å². The van der Waals surface area contributed by atoms with Crippen molar-refractivity contribution >= 4 is 12.0 Å². The number of nitrogens with one attached hydrogen (secondary N) is 2. The molecule has 1 aliphatic rings. The Hall–Kier alpha value is -2.08.